The van der Waals surface area contributed by atoms with Crippen LogP contribution >= 0.6 is 11.6 Å². The van der Waals surface area contributed by atoms with Gasteiger partial charge in [-0.15, -0.1) is 0 Å². The van der Waals surface area contributed by atoms with E-state index >= 15 is 0 Å². The Morgan fingerprint density at radius 1 is 1.16 bits per heavy atom. The summed E-state index contributed by atoms with van der Waals surface area (Å²) in [6, 6.07) is 4.51. The molecule has 0 bridgehead atoms. The molecule has 3 rings (SSSR count). The zero-order valence-corrected chi connectivity index (χ0v) is 20.8. The van der Waals surface area contributed by atoms with Gasteiger partial charge < -0.3 is 14.0 Å². The van der Waals surface area contributed by atoms with Gasteiger partial charge >= 0.3 is 13.2 Å². The van der Waals surface area contributed by atoms with Gasteiger partial charge in [0.05, 0.1) is 28.7 Å². The number of amides is 1. The molecule has 31 heavy (non-hydrogen) atoms. The summed E-state index contributed by atoms with van der Waals surface area (Å²) in [7, 11) is -3.98. The van der Waals surface area contributed by atoms with Crippen LogP contribution in [0.15, 0.2) is 18.2 Å². The summed E-state index contributed by atoms with van der Waals surface area (Å²) in [6.07, 6.45) is -0.551. The van der Waals surface area contributed by atoms with Crippen molar-refractivity contribution in [3.8, 4) is 0 Å². The summed E-state index contributed by atoms with van der Waals surface area (Å²) < 4.78 is 42.6. The zero-order valence-electron chi connectivity index (χ0n) is 19.2. The third kappa shape index (κ3) is 5.38. The van der Waals surface area contributed by atoms with Gasteiger partial charge in [0.15, 0.2) is 9.84 Å². The smallest absolute Gasteiger partial charge is 0.444 e. The maximum atomic E-state index is 12.8. The second-order valence-corrected chi connectivity index (χ2v) is 12.9. The van der Waals surface area contributed by atoms with Gasteiger partial charge in [0.25, 0.3) is 0 Å². The highest BCUT2D eigenvalue weighted by molar-refractivity contribution is 7.91. The molecule has 1 amide bonds. The van der Waals surface area contributed by atoms with E-state index in [9.17, 15) is 13.2 Å². The highest BCUT2D eigenvalue weighted by Gasteiger charge is 2.52. The van der Waals surface area contributed by atoms with Crippen molar-refractivity contribution in [2.75, 3.05) is 18.1 Å². The van der Waals surface area contributed by atoms with Crippen molar-refractivity contribution in [3.63, 3.8) is 0 Å². The van der Waals surface area contributed by atoms with Gasteiger partial charge in [-0.25, -0.2) is 13.2 Å². The monoisotopic (exact) mass is 471 g/mol. The van der Waals surface area contributed by atoms with Gasteiger partial charge in [-0.05, 0) is 71.6 Å². The standard InChI is InChI=1S/C21H31BClNO6S/c1-19(2,3)28-18(25)24-8-9-31(26,27)13-17(24)14-10-15(12-16(23)11-14)22-29-20(4,5)21(6,7)30-22/h10-12,17H,8-9,13H2,1-7H3. The Bertz CT molecular complexity index is 957. The van der Waals surface area contributed by atoms with E-state index in [0.29, 0.717) is 16.0 Å². The summed E-state index contributed by atoms with van der Waals surface area (Å²) >= 11 is 6.40. The normalized spacial score (nSPS) is 24.8. The first-order chi connectivity index (χ1) is 14.0. The lowest BCUT2D eigenvalue weighted by Gasteiger charge is -2.37. The number of halogens is 1. The van der Waals surface area contributed by atoms with Crippen LogP contribution in [-0.2, 0) is 23.9 Å². The highest BCUT2D eigenvalue weighted by atomic mass is 35.5. The Labute approximate surface area is 190 Å². The Kier molecular flexibility index (Phi) is 6.24. The molecule has 0 N–H and O–H groups in total. The predicted octanol–water partition coefficient (Wildman–Crippen LogP) is 3.35. The van der Waals surface area contributed by atoms with Crippen LogP contribution in [0.3, 0.4) is 0 Å². The van der Waals surface area contributed by atoms with Crippen molar-refractivity contribution in [2.45, 2.75) is 71.3 Å². The van der Waals surface area contributed by atoms with Crippen LogP contribution in [0.25, 0.3) is 0 Å². The number of carbonyl (C=O) groups is 1. The molecular weight excluding hydrogens is 441 g/mol. The van der Waals surface area contributed by atoms with E-state index in [1.807, 2.05) is 27.7 Å². The average Bonchev–Trinajstić information content (AvgIpc) is 2.79. The molecule has 0 saturated carbocycles. The first kappa shape index (κ1) is 24.4. The molecule has 2 fully saturated rings. The third-order valence-corrected chi connectivity index (χ3v) is 7.76. The van der Waals surface area contributed by atoms with E-state index in [1.165, 1.54) is 4.90 Å². The van der Waals surface area contributed by atoms with E-state index in [-0.39, 0.29) is 18.1 Å². The Hall–Kier alpha value is -1.29. The Morgan fingerprint density at radius 3 is 2.29 bits per heavy atom. The summed E-state index contributed by atoms with van der Waals surface area (Å²) in [5.41, 5.74) is -0.479. The van der Waals surface area contributed by atoms with E-state index in [1.54, 1.807) is 39.0 Å². The lowest BCUT2D eigenvalue weighted by molar-refractivity contribution is 0.00578. The molecule has 0 spiro atoms. The molecule has 0 aliphatic carbocycles. The fraction of sp³-hybridized carbons (Fsp3) is 0.667. The van der Waals surface area contributed by atoms with Gasteiger partial charge in [-0.1, -0.05) is 17.7 Å². The second-order valence-electron chi connectivity index (χ2n) is 10.2. The van der Waals surface area contributed by atoms with Gasteiger partial charge in [-0.2, -0.15) is 0 Å². The van der Waals surface area contributed by atoms with E-state index in [4.69, 9.17) is 25.6 Å². The summed E-state index contributed by atoms with van der Waals surface area (Å²) in [5.74, 6) is -0.303. The quantitative estimate of drug-likeness (QED) is 0.615. The number of sulfone groups is 1. The van der Waals surface area contributed by atoms with Crippen LogP contribution in [0, 0.1) is 0 Å². The van der Waals surface area contributed by atoms with Crippen LogP contribution in [0.5, 0.6) is 0 Å². The zero-order chi connectivity index (χ0) is 23.4. The van der Waals surface area contributed by atoms with Crippen molar-refractivity contribution in [1.82, 2.24) is 4.90 Å². The van der Waals surface area contributed by atoms with E-state index in [2.05, 4.69) is 0 Å². The summed E-state index contributed by atoms with van der Waals surface area (Å²) in [4.78, 5) is 14.3. The average molecular weight is 472 g/mol. The number of nitrogens with zero attached hydrogens (tertiary/aromatic N) is 1. The SMILES string of the molecule is CC(C)(C)OC(=O)N1CCS(=O)(=O)CC1c1cc(Cl)cc(B2OC(C)(C)C(C)(C)O2)c1. The van der Waals surface area contributed by atoms with Crippen LogP contribution in [0.1, 0.15) is 60.1 Å². The number of hydrogen-bond donors (Lipinski definition) is 0. The first-order valence-electron chi connectivity index (χ1n) is 10.4. The lowest BCUT2D eigenvalue weighted by atomic mass is 9.78. The van der Waals surface area contributed by atoms with E-state index in [0.717, 1.165) is 0 Å². The van der Waals surface area contributed by atoms with Gasteiger partial charge in [0, 0.05) is 11.6 Å². The molecule has 1 atom stereocenters. The lowest BCUT2D eigenvalue weighted by Crippen LogP contribution is -2.48. The third-order valence-electron chi connectivity index (χ3n) is 5.91. The number of benzene rings is 1. The molecule has 1 unspecified atom stereocenters. The number of ether oxygens (including phenoxy) is 1. The van der Waals surface area contributed by atoms with Crippen LogP contribution in [0.2, 0.25) is 5.02 Å². The van der Waals surface area contributed by atoms with Crippen molar-refractivity contribution >= 4 is 40.1 Å². The van der Waals surface area contributed by atoms with Crippen LogP contribution in [0.4, 0.5) is 4.79 Å². The first-order valence-corrected chi connectivity index (χ1v) is 12.6. The molecule has 7 nitrogen and oxygen atoms in total. The minimum Gasteiger partial charge on any atom is -0.444 e. The van der Waals surface area contributed by atoms with Crippen molar-refractivity contribution in [3.05, 3.63) is 28.8 Å². The minimum atomic E-state index is -3.33. The van der Waals surface area contributed by atoms with Crippen molar-refractivity contribution < 1.29 is 27.3 Å². The minimum absolute atomic E-state index is 0.0558. The Balaban J connectivity index is 1.98. The molecule has 2 saturated heterocycles. The highest BCUT2D eigenvalue weighted by Crippen LogP contribution is 2.37. The van der Waals surface area contributed by atoms with Crippen LogP contribution < -0.4 is 5.46 Å². The molecule has 1 aromatic carbocycles. The van der Waals surface area contributed by atoms with Gasteiger partial charge in [-0.3, -0.25) is 4.90 Å². The van der Waals surface area contributed by atoms with Crippen molar-refractivity contribution in [2.24, 2.45) is 0 Å². The van der Waals surface area contributed by atoms with Gasteiger partial charge in [0.2, 0.25) is 0 Å². The molecule has 172 valence electrons. The van der Waals surface area contributed by atoms with Crippen molar-refractivity contribution in [1.29, 1.82) is 0 Å². The van der Waals surface area contributed by atoms with E-state index < -0.39 is 45.9 Å². The molecule has 2 aliphatic heterocycles. The maximum absolute atomic E-state index is 12.8. The molecular formula is C21H31BClNO6S. The Morgan fingerprint density at radius 2 is 1.74 bits per heavy atom. The fourth-order valence-electron chi connectivity index (χ4n) is 3.57. The summed E-state index contributed by atoms with van der Waals surface area (Å²) in [5, 5.41) is 0.411. The molecule has 2 aliphatic rings. The van der Waals surface area contributed by atoms with Crippen LogP contribution in [-0.4, -0.2) is 61.4 Å². The molecule has 0 radical (unpaired) electrons. The predicted molar refractivity (Wildman–Crippen MR) is 122 cm³/mol. The number of carbonyl (C=O) groups excluding carboxylic acids is 1. The topological polar surface area (TPSA) is 82.1 Å². The molecule has 10 heteroatoms. The second kappa shape index (κ2) is 7.94. The van der Waals surface area contributed by atoms with Gasteiger partial charge in [0.1, 0.15) is 5.60 Å². The number of hydrogen-bond acceptors (Lipinski definition) is 6. The number of rotatable bonds is 2. The fourth-order valence-corrected chi connectivity index (χ4v) is 5.31. The maximum Gasteiger partial charge on any atom is 0.494 e. The molecule has 1 aromatic rings. The molecule has 2 heterocycles. The summed E-state index contributed by atoms with van der Waals surface area (Å²) in [6.45, 7) is 13.2. The largest absolute Gasteiger partial charge is 0.494 e. The molecule has 0 aromatic heterocycles.